The van der Waals surface area contributed by atoms with Crippen LogP contribution in [0.2, 0.25) is 5.02 Å². The lowest BCUT2D eigenvalue weighted by molar-refractivity contribution is 0.396. The summed E-state index contributed by atoms with van der Waals surface area (Å²) in [4.78, 5) is 8.90. The molecule has 6 nitrogen and oxygen atoms in total. The normalized spacial score (nSPS) is 13.1. The molecular formula is C16H14ClN5O. The van der Waals surface area contributed by atoms with E-state index in [0.717, 1.165) is 33.7 Å². The van der Waals surface area contributed by atoms with Crippen LogP contribution < -0.4 is 10.1 Å². The standard InChI is InChI=1S/C16H14ClN5O/c1-22-12-7-10(6-11(17)13(12)16(21-22)23-2)20-15-14-9(8-19-15)4-3-5-18-14/h3-7H,8H2,1-2H3,(H,19,20). The third-order valence-corrected chi connectivity index (χ3v) is 4.15. The van der Waals surface area contributed by atoms with E-state index in [1.807, 2.05) is 31.3 Å². The van der Waals surface area contributed by atoms with Gasteiger partial charge in [0.1, 0.15) is 5.69 Å². The zero-order chi connectivity index (χ0) is 16.0. The second-order valence-electron chi connectivity index (χ2n) is 5.29. The Hall–Kier alpha value is -2.60. The fourth-order valence-electron chi connectivity index (χ4n) is 2.77. The number of benzene rings is 1. The predicted octanol–water partition coefficient (Wildman–Crippen LogP) is 3.00. The molecule has 3 aromatic rings. The molecule has 0 saturated heterocycles. The number of anilines is 1. The van der Waals surface area contributed by atoms with E-state index in [1.54, 1.807) is 18.0 Å². The molecule has 3 heterocycles. The molecule has 7 heteroatoms. The van der Waals surface area contributed by atoms with Gasteiger partial charge in [-0.25, -0.2) is 0 Å². The second-order valence-corrected chi connectivity index (χ2v) is 5.69. The van der Waals surface area contributed by atoms with E-state index in [1.165, 1.54) is 0 Å². The van der Waals surface area contributed by atoms with Crippen molar-refractivity contribution >= 4 is 34.0 Å². The van der Waals surface area contributed by atoms with Gasteiger partial charge >= 0.3 is 0 Å². The maximum absolute atomic E-state index is 6.42. The van der Waals surface area contributed by atoms with Gasteiger partial charge in [-0.05, 0) is 18.2 Å². The number of pyridine rings is 1. The molecule has 0 saturated carbocycles. The van der Waals surface area contributed by atoms with Crippen molar-refractivity contribution in [2.45, 2.75) is 6.54 Å². The maximum atomic E-state index is 6.42. The number of nitrogens with zero attached hydrogens (tertiary/aromatic N) is 4. The van der Waals surface area contributed by atoms with Gasteiger partial charge in [0.2, 0.25) is 5.88 Å². The van der Waals surface area contributed by atoms with Gasteiger partial charge in [0.05, 0.1) is 29.6 Å². The van der Waals surface area contributed by atoms with Crippen molar-refractivity contribution in [2.75, 3.05) is 12.4 Å². The quantitative estimate of drug-likeness (QED) is 0.786. The zero-order valence-corrected chi connectivity index (χ0v) is 13.4. The first kappa shape index (κ1) is 14.0. The molecule has 23 heavy (non-hydrogen) atoms. The largest absolute Gasteiger partial charge is 0.479 e. The lowest BCUT2D eigenvalue weighted by Gasteiger charge is -2.08. The average Bonchev–Trinajstić information content (AvgIpc) is 3.10. The number of hydrogen-bond acceptors (Lipinski definition) is 5. The van der Waals surface area contributed by atoms with Crippen molar-refractivity contribution in [3.8, 4) is 5.88 Å². The van der Waals surface area contributed by atoms with Crippen molar-refractivity contribution in [3.63, 3.8) is 0 Å². The summed E-state index contributed by atoms with van der Waals surface area (Å²) in [5.74, 6) is 1.27. The molecule has 0 spiro atoms. The number of aliphatic imine (C=N–C) groups is 1. The minimum Gasteiger partial charge on any atom is -0.479 e. The van der Waals surface area contributed by atoms with Gasteiger partial charge in [-0.15, -0.1) is 5.10 Å². The number of ether oxygens (including phenoxy) is 1. The third kappa shape index (κ3) is 2.22. The average molecular weight is 328 g/mol. The number of methoxy groups -OCH3 is 1. The molecule has 4 rings (SSSR count). The van der Waals surface area contributed by atoms with Crippen LogP contribution in [0.4, 0.5) is 5.69 Å². The predicted molar refractivity (Wildman–Crippen MR) is 90.4 cm³/mol. The van der Waals surface area contributed by atoms with Crippen molar-refractivity contribution in [2.24, 2.45) is 12.0 Å². The lowest BCUT2D eigenvalue weighted by Crippen LogP contribution is -2.13. The fraction of sp³-hybridized carbons (Fsp3) is 0.188. The number of halogens is 1. The molecule has 1 aliphatic rings. The highest BCUT2D eigenvalue weighted by Crippen LogP contribution is 2.34. The Bertz CT molecular complexity index is 947. The summed E-state index contributed by atoms with van der Waals surface area (Å²) >= 11 is 6.42. The van der Waals surface area contributed by atoms with Gasteiger partial charge in [-0.3, -0.25) is 14.7 Å². The highest BCUT2D eigenvalue weighted by atomic mass is 35.5. The van der Waals surface area contributed by atoms with Crippen molar-refractivity contribution in [3.05, 3.63) is 46.7 Å². The molecule has 116 valence electrons. The fourth-order valence-corrected chi connectivity index (χ4v) is 3.06. The number of aromatic nitrogens is 3. The Kier molecular flexibility index (Phi) is 3.20. The molecule has 2 aromatic heterocycles. The molecule has 0 fully saturated rings. The highest BCUT2D eigenvalue weighted by molar-refractivity contribution is 6.36. The molecule has 0 amide bonds. The molecule has 0 atom stereocenters. The van der Waals surface area contributed by atoms with Crippen molar-refractivity contribution in [1.82, 2.24) is 14.8 Å². The van der Waals surface area contributed by atoms with Crippen LogP contribution in [0.15, 0.2) is 35.5 Å². The first-order chi connectivity index (χ1) is 11.2. The van der Waals surface area contributed by atoms with Gasteiger partial charge in [0, 0.05) is 24.5 Å². The zero-order valence-electron chi connectivity index (χ0n) is 12.7. The highest BCUT2D eigenvalue weighted by Gasteiger charge is 2.19. The molecular weight excluding hydrogens is 314 g/mol. The van der Waals surface area contributed by atoms with Crippen LogP contribution in [0, 0.1) is 0 Å². The minimum atomic E-state index is 0.518. The van der Waals surface area contributed by atoms with Gasteiger partial charge in [-0.1, -0.05) is 17.7 Å². The SMILES string of the molecule is COc1nn(C)c2cc(NC3=NCc4cccnc43)cc(Cl)c12. The van der Waals surface area contributed by atoms with Crippen LogP contribution in [-0.4, -0.2) is 27.7 Å². The molecule has 0 aliphatic carbocycles. The second kappa shape index (κ2) is 5.24. The first-order valence-electron chi connectivity index (χ1n) is 7.13. The van der Waals surface area contributed by atoms with Crippen LogP contribution in [0.3, 0.4) is 0 Å². The number of fused-ring (bicyclic) bond motifs is 2. The third-order valence-electron chi connectivity index (χ3n) is 3.85. The van der Waals surface area contributed by atoms with E-state index < -0.39 is 0 Å². The van der Waals surface area contributed by atoms with Crippen LogP contribution in [0.5, 0.6) is 5.88 Å². The van der Waals surface area contributed by atoms with Gasteiger partial charge in [0.15, 0.2) is 5.84 Å². The van der Waals surface area contributed by atoms with E-state index in [9.17, 15) is 0 Å². The monoisotopic (exact) mass is 327 g/mol. The van der Waals surface area contributed by atoms with Crippen molar-refractivity contribution < 1.29 is 4.74 Å². The summed E-state index contributed by atoms with van der Waals surface area (Å²) in [6, 6.07) is 7.77. The Morgan fingerprint density at radius 1 is 1.35 bits per heavy atom. The van der Waals surface area contributed by atoms with Gasteiger partial charge in [0.25, 0.3) is 0 Å². The van der Waals surface area contributed by atoms with E-state index in [4.69, 9.17) is 16.3 Å². The van der Waals surface area contributed by atoms with E-state index >= 15 is 0 Å². The molecule has 0 radical (unpaired) electrons. The summed E-state index contributed by atoms with van der Waals surface area (Å²) in [6.07, 6.45) is 1.77. The summed E-state index contributed by atoms with van der Waals surface area (Å²) < 4.78 is 7.02. The molecule has 1 aliphatic heterocycles. The van der Waals surface area contributed by atoms with Crippen LogP contribution >= 0.6 is 11.6 Å². The smallest absolute Gasteiger partial charge is 0.242 e. The number of amidine groups is 1. The number of hydrogen-bond donors (Lipinski definition) is 1. The van der Waals surface area contributed by atoms with Crippen LogP contribution in [0.25, 0.3) is 10.9 Å². The Balaban J connectivity index is 1.75. The summed E-state index contributed by atoms with van der Waals surface area (Å²) in [6.45, 7) is 0.640. The Morgan fingerprint density at radius 2 is 2.22 bits per heavy atom. The number of rotatable bonds is 2. The summed E-state index contributed by atoms with van der Waals surface area (Å²) in [7, 11) is 3.44. The molecule has 1 aromatic carbocycles. The van der Waals surface area contributed by atoms with Crippen molar-refractivity contribution in [1.29, 1.82) is 0 Å². The molecule has 0 unspecified atom stereocenters. The van der Waals surface area contributed by atoms with Gasteiger partial charge < -0.3 is 10.1 Å². The molecule has 0 bridgehead atoms. The Labute approximate surface area is 137 Å². The Morgan fingerprint density at radius 3 is 3.04 bits per heavy atom. The minimum absolute atomic E-state index is 0.518. The molecule has 1 N–H and O–H groups in total. The topological polar surface area (TPSA) is 64.3 Å². The van der Waals surface area contributed by atoms with E-state index in [0.29, 0.717) is 17.4 Å². The number of nitrogens with one attached hydrogen (secondary N) is 1. The summed E-state index contributed by atoms with van der Waals surface area (Å²) in [5, 5.41) is 9.00. The van der Waals surface area contributed by atoms with Crippen LogP contribution in [-0.2, 0) is 13.6 Å². The first-order valence-corrected chi connectivity index (χ1v) is 7.51. The van der Waals surface area contributed by atoms with Crippen LogP contribution in [0.1, 0.15) is 11.3 Å². The van der Waals surface area contributed by atoms with Gasteiger partial charge in [-0.2, -0.15) is 0 Å². The van der Waals surface area contributed by atoms with E-state index in [2.05, 4.69) is 20.4 Å². The summed E-state index contributed by atoms with van der Waals surface area (Å²) in [5.41, 5.74) is 3.72. The maximum Gasteiger partial charge on any atom is 0.242 e. The lowest BCUT2D eigenvalue weighted by atomic mass is 10.2. The number of aryl methyl sites for hydroxylation is 1. The van der Waals surface area contributed by atoms with E-state index in [-0.39, 0.29) is 0 Å².